The molecule has 0 radical (unpaired) electrons. The fourth-order valence-electron chi connectivity index (χ4n) is 5.79. The third kappa shape index (κ3) is 5.92. The molecular weight excluding hydrogens is 590 g/mol. The number of carbonyl (C=O) groups is 2. The van der Waals surface area contributed by atoms with Gasteiger partial charge >= 0.3 is 12.0 Å². The van der Waals surface area contributed by atoms with Crippen LogP contribution >= 0.6 is 23.2 Å². The summed E-state index contributed by atoms with van der Waals surface area (Å²) in [5.41, 5.74) is -2.47. The van der Waals surface area contributed by atoms with Gasteiger partial charge in [-0.2, -0.15) is 5.26 Å². The van der Waals surface area contributed by atoms with Crippen molar-refractivity contribution in [3.63, 3.8) is 0 Å². The zero-order valence-corrected chi connectivity index (χ0v) is 24.5. The molecule has 2 N–H and O–H groups in total. The van der Waals surface area contributed by atoms with Gasteiger partial charge in [0.25, 0.3) is 0 Å². The quantitative estimate of drug-likeness (QED) is 0.294. The van der Waals surface area contributed by atoms with Crippen LogP contribution in [0.4, 0.5) is 18.0 Å². The average molecular weight is 618 g/mol. The van der Waals surface area contributed by atoms with Crippen molar-refractivity contribution in [3.05, 3.63) is 104 Å². The average Bonchev–Trinajstić information content (AvgIpc) is 3.21. The van der Waals surface area contributed by atoms with E-state index in [1.165, 1.54) is 41.3 Å². The van der Waals surface area contributed by atoms with Gasteiger partial charge in [-0.1, -0.05) is 68.2 Å². The summed E-state index contributed by atoms with van der Waals surface area (Å²) in [5, 5.41) is 22.5. The highest BCUT2D eigenvalue weighted by Gasteiger charge is 2.60. The number of urea groups is 1. The highest BCUT2D eigenvalue weighted by atomic mass is 35.5. The normalized spacial score (nSPS) is 20.3. The molecule has 1 fully saturated rings. The zero-order valence-electron chi connectivity index (χ0n) is 23.0. The molecule has 1 aliphatic rings. The Bertz CT molecular complexity index is 1590. The van der Waals surface area contributed by atoms with Gasteiger partial charge < -0.3 is 15.3 Å². The summed E-state index contributed by atoms with van der Waals surface area (Å²) in [6.45, 7) is 5.60. The second kappa shape index (κ2) is 11.9. The lowest BCUT2D eigenvalue weighted by Crippen LogP contribution is -2.44. The molecule has 0 unspecified atom stereocenters. The Labute approximate surface area is 251 Å². The van der Waals surface area contributed by atoms with Crippen molar-refractivity contribution in [1.82, 2.24) is 10.2 Å². The molecule has 0 aliphatic carbocycles. The first kappa shape index (κ1) is 31.2. The van der Waals surface area contributed by atoms with E-state index in [-0.39, 0.29) is 45.2 Å². The van der Waals surface area contributed by atoms with Crippen LogP contribution < -0.4 is 5.32 Å². The van der Waals surface area contributed by atoms with Gasteiger partial charge in [-0.05, 0) is 47.7 Å². The van der Waals surface area contributed by atoms with Crippen molar-refractivity contribution >= 4 is 35.2 Å². The molecule has 220 valence electrons. The lowest BCUT2D eigenvalue weighted by Gasteiger charge is -2.38. The van der Waals surface area contributed by atoms with Crippen molar-refractivity contribution in [2.75, 3.05) is 6.54 Å². The van der Waals surface area contributed by atoms with E-state index in [1.54, 1.807) is 0 Å². The molecule has 3 aromatic rings. The molecular formula is C31H28Cl2F3N3O3. The summed E-state index contributed by atoms with van der Waals surface area (Å²) in [4.78, 5) is 26.2. The van der Waals surface area contributed by atoms with Crippen molar-refractivity contribution in [1.29, 1.82) is 5.26 Å². The number of nitrogens with one attached hydrogen (secondary N) is 1. The molecule has 3 atom stereocenters. The number of carboxylic acid groups (broad SMARTS) is 1. The Morgan fingerprint density at radius 3 is 2.40 bits per heavy atom. The Hall–Kier alpha value is -3.74. The molecule has 0 saturated carbocycles. The minimum Gasteiger partial charge on any atom is -0.478 e. The topological polar surface area (TPSA) is 93.4 Å². The smallest absolute Gasteiger partial charge is 0.338 e. The van der Waals surface area contributed by atoms with E-state index in [0.29, 0.717) is 6.42 Å². The van der Waals surface area contributed by atoms with Crippen LogP contribution in [0.5, 0.6) is 0 Å². The van der Waals surface area contributed by atoms with E-state index in [0.717, 1.165) is 18.2 Å². The maximum Gasteiger partial charge on any atom is 0.338 e. The Morgan fingerprint density at radius 1 is 1.10 bits per heavy atom. The lowest BCUT2D eigenvalue weighted by atomic mass is 9.63. The van der Waals surface area contributed by atoms with Gasteiger partial charge in [0.15, 0.2) is 0 Å². The number of likely N-dealkylation sites (tertiary alicyclic amines) is 1. The summed E-state index contributed by atoms with van der Waals surface area (Å²) >= 11 is 12.2. The largest absolute Gasteiger partial charge is 0.478 e. The Kier molecular flexibility index (Phi) is 8.81. The van der Waals surface area contributed by atoms with Gasteiger partial charge in [-0.25, -0.2) is 22.8 Å². The molecule has 0 aromatic heterocycles. The summed E-state index contributed by atoms with van der Waals surface area (Å²) in [7, 11) is 0. The molecule has 1 heterocycles. The minimum atomic E-state index is -1.75. The summed E-state index contributed by atoms with van der Waals surface area (Å²) in [6.07, 6.45) is 0.368. The van der Waals surface area contributed by atoms with Gasteiger partial charge in [0.1, 0.15) is 22.9 Å². The Morgan fingerprint density at radius 2 is 1.81 bits per heavy atom. The first-order valence-electron chi connectivity index (χ1n) is 13.1. The molecule has 6 nitrogen and oxygen atoms in total. The SMILES string of the molecule is CC(C)(C)C[C@H]1CN(C(=O)NCc2ccc(C(=O)O)c(F)c2)[C@@H](c2cccc(Cl)c2F)[C@]1(C#N)c1ccc(Cl)cc1F. The van der Waals surface area contributed by atoms with Crippen LogP contribution in [0.1, 0.15) is 60.3 Å². The molecule has 4 rings (SSSR count). The number of hydrogen-bond donors (Lipinski definition) is 2. The number of carboxylic acids is 1. The molecule has 3 aromatic carbocycles. The summed E-state index contributed by atoms with van der Waals surface area (Å²) < 4.78 is 45.7. The van der Waals surface area contributed by atoms with E-state index >= 15 is 8.78 Å². The molecule has 1 saturated heterocycles. The lowest BCUT2D eigenvalue weighted by molar-refractivity contribution is 0.0691. The fourth-order valence-corrected chi connectivity index (χ4v) is 6.13. The van der Waals surface area contributed by atoms with Gasteiger partial charge in [0, 0.05) is 35.2 Å². The van der Waals surface area contributed by atoms with Crippen LogP contribution in [0.25, 0.3) is 0 Å². The predicted octanol–water partition coefficient (Wildman–Crippen LogP) is 7.89. The van der Waals surface area contributed by atoms with E-state index in [4.69, 9.17) is 28.3 Å². The van der Waals surface area contributed by atoms with Crippen LogP contribution in [0, 0.1) is 40.1 Å². The van der Waals surface area contributed by atoms with E-state index in [2.05, 4.69) is 11.4 Å². The standard InChI is InChI=1S/C31H28Cl2F3N3O3/c1-30(2,3)13-18-15-39(29(42)38-14-17-7-9-20(28(40)41)24(34)11-17)27(21-5-4-6-23(33)26(21)36)31(18,16-37)22-10-8-19(32)12-25(22)35/h4-12,18,27H,13-15H2,1-3H3,(H,38,42)(H,40,41)/t18-,27-,31-/m0/s1. The molecule has 11 heteroatoms. The predicted molar refractivity (Wildman–Crippen MR) is 153 cm³/mol. The molecule has 1 aliphatic heterocycles. The van der Waals surface area contributed by atoms with Crippen molar-refractivity contribution in [2.24, 2.45) is 11.3 Å². The number of benzene rings is 3. The molecule has 2 amide bonds. The van der Waals surface area contributed by atoms with Crippen LogP contribution in [0.15, 0.2) is 54.6 Å². The number of rotatable bonds is 6. The van der Waals surface area contributed by atoms with Gasteiger partial charge in [0.05, 0.1) is 22.7 Å². The first-order valence-corrected chi connectivity index (χ1v) is 13.8. The second-order valence-electron chi connectivity index (χ2n) is 11.5. The number of amides is 2. The number of aromatic carboxylic acids is 1. The molecule has 0 bridgehead atoms. The molecule has 42 heavy (non-hydrogen) atoms. The number of carbonyl (C=O) groups excluding carboxylic acids is 1. The van der Waals surface area contributed by atoms with Crippen molar-refractivity contribution in [2.45, 2.75) is 45.2 Å². The van der Waals surface area contributed by atoms with Crippen LogP contribution in [-0.2, 0) is 12.0 Å². The van der Waals surface area contributed by atoms with E-state index in [9.17, 15) is 19.2 Å². The monoisotopic (exact) mass is 617 g/mol. The number of halogens is 5. The van der Waals surface area contributed by atoms with Crippen LogP contribution in [0.2, 0.25) is 10.0 Å². The highest BCUT2D eigenvalue weighted by Crippen LogP contribution is 2.56. The fraction of sp³-hybridized carbons (Fsp3) is 0.323. The van der Waals surface area contributed by atoms with Gasteiger partial charge in [-0.15, -0.1) is 0 Å². The van der Waals surface area contributed by atoms with Crippen LogP contribution in [-0.4, -0.2) is 28.6 Å². The first-order chi connectivity index (χ1) is 19.7. The number of nitrogens with zero attached hydrogens (tertiary/aromatic N) is 2. The maximum absolute atomic E-state index is 15.7. The van der Waals surface area contributed by atoms with Crippen LogP contribution in [0.3, 0.4) is 0 Å². The van der Waals surface area contributed by atoms with Crippen molar-refractivity contribution in [3.8, 4) is 6.07 Å². The van der Waals surface area contributed by atoms with E-state index in [1.807, 2.05) is 20.8 Å². The van der Waals surface area contributed by atoms with E-state index < -0.39 is 52.4 Å². The summed E-state index contributed by atoms with van der Waals surface area (Å²) in [5.74, 6) is -4.68. The van der Waals surface area contributed by atoms with Crippen molar-refractivity contribution < 1.29 is 27.9 Å². The third-order valence-corrected chi connectivity index (χ3v) is 8.00. The minimum absolute atomic E-state index is 0.0327. The highest BCUT2D eigenvalue weighted by molar-refractivity contribution is 6.31. The zero-order chi connectivity index (χ0) is 31.0. The summed E-state index contributed by atoms with van der Waals surface area (Å²) in [6, 6.07) is 11.8. The number of hydrogen-bond acceptors (Lipinski definition) is 3. The van der Waals surface area contributed by atoms with Gasteiger partial charge in [-0.3, -0.25) is 0 Å². The van der Waals surface area contributed by atoms with Gasteiger partial charge in [0.2, 0.25) is 0 Å². The maximum atomic E-state index is 15.7. The Balaban J connectivity index is 1.85. The second-order valence-corrected chi connectivity index (χ2v) is 12.4. The molecule has 0 spiro atoms. The third-order valence-electron chi connectivity index (χ3n) is 7.47. The number of nitriles is 1.